The number of nitrogens with two attached hydrogens (primary N) is 1. The van der Waals surface area contributed by atoms with Crippen molar-refractivity contribution in [1.82, 2.24) is 0 Å². The van der Waals surface area contributed by atoms with Gasteiger partial charge in [-0.05, 0) is 19.8 Å². The summed E-state index contributed by atoms with van der Waals surface area (Å²) in [6.07, 6.45) is 1.85. The molecule has 1 heterocycles. The van der Waals surface area contributed by atoms with Crippen LogP contribution in [0.3, 0.4) is 0 Å². The Morgan fingerprint density at radius 3 is 2.92 bits per heavy atom. The van der Waals surface area contributed by atoms with Crippen LogP contribution in [0.5, 0.6) is 0 Å². The summed E-state index contributed by atoms with van der Waals surface area (Å²) in [5.74, 6) is -0.443. The summed E-state index contributed by atoms with van der Waals surface area (Å²) in [6, 6.07) is -0.0337. The molecule has 4 nitrogen and oxygen atoms in total. The van der Waals surface area contributed by atoms with Crippen LogP contribution in [0.1, 0.15) is 26.2 Å². The standard InChI is InChI=1S/C9H17NO3/c1-6-7(4-5-13-6)8(10)2-3-9(11)12/h6-8H,2-5,10H2,1H3,(H,11,12). The molecule has 0 radical (unpaired) electrons. The van der Waals surface area contributed by atoms with E-state index in [0.717, 1.165) is 13.0 Å². The third kappa shape index (κ3) is 2.97. The monoisotopic (exact) mass is 187 g/mol. The van der Waals surface area contributed by atoms with Crippen molar-refractivity contribution < 1.29 is 14.6 Å². The molecule has 3 unspecified atom stereocenters. The minimum Gasteiger partial charge on any atom is -0.481 e. The summed E-state index contributed by atoms with van der Waals surface area (Å²) >= 11 is 0. The van der Waals surface area contributed by atoms with Gasteiger partial charge < -0.3 is 15.6 Å². The average molecular weight is 187 g/mol. The molecule has 3 N–H and O–H groups in total. The molecule has 1 rings (SSSR count). The van der Waals surface area contributed by atoms with E-state index < -0.39 is 5.97 Å². The van der Waals surface area contributed by atoms with Crippen LogP contribution in [0, 0.1) is 5.92 Å². The van der Waals surface area contributed by atoms with E-state index in [0.29, 0.717) is 12.3 Å². The van der Waals surface area contributed by atoms with Gasteiger partial charge in [-0.3, -0.25) is 4.79 Å². The number of carbonyl (C=O) groups is 1. The lowest BCUT2D eigenvalue weighted by Gasteiger charge is -2.20. The number of ether oxygens (including phenoxy) is 1. The van der Waals surface area contributed by atoms with Crippen molar-refractivity contribution in [1.29, 1.82) is 0 Å². The highest BCUT2D eigenvalue weighted by molar-refractivity contribution is 5.66. The molecule has 0 aromatic heterocycles. The van der Waals surface area contributed by atoms with E-state index in [-0.39, 0.29) is 18.6 Å². The Hall–Kier alpha value is -0.610. The quantitative estimate of drug-likeness (QED) is 0.676. The Kier molecular flexibility index (Phi) is 3.69. The summed E-state index contributed by atoms with van der Waals surface area (Å²) in [6.45, 7) is 2.75. The van der Waals surface area contributed by atoms with Crippen molar-refractivity contribution in [2.24, 2.45) is 11.7 Å². The van der Waals surface area contributed by atoms with Crippen molar-refractivity contribution in [2.75, 3.05) is 6.61 Å². The maximum absolute atomic E-state index is 10.3. The predicted molar refractivity (Wildman–Crippen MR) is 48.4 cm³/mol. The highest BCUT2D eigenvalue weighted by Gasteiger charge is 2.29. The van der Waals surface area contributed by atoms with Gasteiger partial charge in [-0.25, -0.2) is 0 Å². The summed E-state index contributed by atoms with van der Waals surface area (Å²) in [7, 11) is 0. The van der Waals surface area contributed by atoms with Gasteiger partial charge in [0, 0.05) is 25.0 Å². The molecule has 0 aromatic carbocycles. The number of carboxylic acid groups (broad SMARTS) is 1. The first-order valence-electron chi connectivity index (χ1n) is 4.70. The van der Waals surface area contributed by atoms with Crippen LogP contribution >= 0.6 is 0 Å². The van der Waals surface area contributed by atoms with Crippen LogP contribution in [0.2, 0.25) is 0 Å². The second-order valence-electron chi connectivity index (χ2n) is 3.62. The van der Waals surface area contributed by atoms with Crippen molar-refractivity contribution in [3.05, 3.63) is 0 Å². The lowest BCUT2D eigenvalue weighted by molar-refractivity contribution is -0.137. The molecule has 13 heavy (non-hydrogen) atoms. The number of hydrogen-bond donors (Lipinski definition) is 2. The lowest BCUT2D eigenvalue weighted by atomic mass is 9.91. The van der Waals surface area contributed by atoms with Gasteiger partial charge >= 0.3 is 5.97 Å². The molecular formula is C9H17NO3. The molecule has 1 aliphatic heterocycles. The molecule has 0 aromatic rings. The largest absolute Gasteiger partial charge is 0.481 e. The van der Waals surface area contributed by atoms with Gasteiger partial charge in [0.1, 0.15) is 0 Å². The smallest absolute Gasteiger partial charge is 0.303 e. The zero-order valence-corrected chi connectivity index (χ0v) is 7.90. The van der Waals surface area contributed by atoms with Crippen LogP contribution < -0.4 is 5.73 Å². The van der Waals surface area contributed by atoms with E-state index in [2.05, 4.69) is 0 Å². The summed E-state index contributed by atoms with van der Waals surface area (Å²) in [5, 5.41) is 8.48. The third-order valence-electron chi connectivity index (χ3n) is 2.68. The number of carboxylic acids is 1. The van der Waals surface area contributed by atoms with Gasteiger partial charge in [0.25, 0.3) is 0 Å². The van der Waals surface area contributed by atoms with E-state index in [1.165, 1.54) is 0 Å². The van der Waals surface area contributed by atoms with E-state index >= 15 is 0 Å². The molecule has 0 aliphatic carbocycles. The van der Waals surface area contributed by atoms with E-state index in [1.54, 1.807) is 0 Å². The Balaban J connectivity index is 2.29. The zero-order chi connectivity index (χ0) is 9.84. The maximum atomic E-state index is 10.3. The minimum atomic E-state index is -0.776. The van der Waals surface area contributed by atoms with E-state index in [4.69, 9.17) is 15.6 Å². The van der Waals surface area contributed by atoms with Crippen molar-refractivity contribution in [3.8, 4) is 0 Å². The molecule has 4 heteroatoms. The van der Waals surface area contributed by atoms with Crippen LogP contribution in [0.4, 0.5) is 0 Å². The van der Waals surface area contributed by atoms with Crippen LogP contribution in [-0.4, -0.2) is 29.8 Å². The Morgan fingerprint density at radius 1 is 1.77 bits per heavy atom. The van der Waals surface area contributed by atoms with Gasteiger partial charge in [-0.2, -0.15) is 0 Å². The summed E-state index contributed by atoms with van der Waals surface area (Å²) in [5.41, 5.74) is 5.87. The number of hydrogen-bond acceptors (Lipinski definition) is 3. The maximum Gasteiger partial charge on any atom is 0.303 e. The van der Waals surface area contributed by atoms with Gasteiger partial charge in [-0.1, -0.05) is 0 Å². The van der Waals surface area contributed by atoms with Crippen LogP contribution in [0.15, 0.2) is 0 Å². The van der Waals surface area contributed by atoms with Gasteiger partial charge in [0.2, 0.25) is 0 Å². The van der Waals surface area contributed by atoms with Gasteiger partial charge in [0.05, 0.1) is 6.10 Å². The van der Waals surface area contributed by atoms with E-state index in [9.17, 15) is 4.79 Å². The molecule has 1 fully saturated rings. The minimum absolute atomic E-state index is 0.0337. The first-order chi connectivity index (χ1) is 6.11. The first kappa shape index (κ1) is 10.5. The molecule has 0 spiro atoms. The second kappa shape index (κ2) is 4.58. The average Bonchev–Trinajstić information content (AvgIpc) is 2.47. The van der Waals surface area contributed by atoms with Crippen LogP contribution in [0.25, 0.3) is 0 Å². The molecule has 1 aliphatic rings. The second-order valence-corrected chi connectivity index (χ2v) is 3.62. The first-order valence-corrected chi connectivity index (χ1v) is 4.70. The fourth-order valence-corrected chi connectivity index (χ4v) is 1.81. The Morgan fingerprint density at radius 2 is 2.46 bits per heavy atom. The topological polar surface area (TPSA) is 72.5 Å². The fraction of sp³-hybridized carbons (Fsp3) is 0.889. The Bertz CT molecular complexity index is 184. The number of aliphatic carboxylic acids is 1. The molecule has 0 amide bonds. The van der Waals surface area contributed by atoms with Crippen LogP contribution in [-0.2, 0) is 9.53 Å². The number of rotatable bonds is 4. The van der Waals surface area contributed by atoms with E-state index in [1.807, 2.05) is 6.92 Å². The highest BCUT2D eigenvalue weighted by atomic mass is 16.5. The van der Waals surface area contributed by atoms with Gasteiger partial charge in [-0.15, -0.1) is 0 Å². The van der Waals surface area contributed by atoms with Crippen molar-refractivity contribution in [2.45, 2.75) is 38.3 Å². The molecule has 0 bridgehead atoms. The van der Waals surface area contributed by atoms with Gasteiger partial charge in [0.15, 0.2) is 0 Å². The molecule has 1 saturated heterocycles. The van der Waals surface area contributed by atoms with Crippen molar-refractivity contribution >= 4 is 5.97 Å². The zero-order valence-electron chi connectivity index (χ0n) is 7.90. The summed E-state index contributed by atoms with van der Waals surface area (Å²) in [4.78, 5) is 10.3. The normalized spacial score (nSPS) is 30.3. The Labute approximate surface area is 78.1 Å². The predicted octanol–water partition coefficient (Wildman–Crippen LogP) is 0.603. The lowest BCUT2D eigenvalue weighted by Crippen LogP contribution is -2.34. The SMILES string of the molecule is CC1OCCC1C(N)CCC(=O)O. The van der Waals surface area contributed by atoms with Crippen molar-refractivity contribution in [3.63, 3.8) is 0 Å². The molecule has 76 valence electrons. The summed E-state index contributed by atoms with van der Waals surface area (Å²) < 4.78 is 5.37. The highest BCUT2D eigenvalue weighted by Crippen LogP contribution is 2.24. The third-order valence-corrected chi connectivity index (χ3v) is 2.68. The molecule has 0 saturated carbocycles. The molecule has 3 atom stereocenters. The fourth-order valence-electron chi connectivity index (χ4n) is 1.81. The molecular weight excluding hydrogens is 170 g/mol.